The molecule has 1 nitrogen and oxygen atoms in total. The van der Waals surface area contributed by atoms with Gasteiger partial charge in [-0.1, -0.05) is 34.1 Å². The molecule has 0 aliphatic rings. The Morgan fingerprint density at radius 1 is 1.12 bits per heavy atom. The second-order valence-corrected chi connectivity index (χ2v) is 4.47. The smallest absolute Gasteiger partial charge is 0.130 e. The molecule has 81 valence electrons. The molecule has 16 heavy (non-hydrogen) atoms. The van der Waals surface area contributed by atoms with E-state index in [1.165, 1.54) is 11.1 Å². The first-order valence-corrected chi connectivity index (χ1v) is 5.83. The molecule has 2 aromatic carbocycles. The Morgan fingerprint density at radius 2 is 1.81 bits per heavy atom. The van der Waals surface area contributed by atoms with Crippen LogP contribution in [0.1, 0.15) is 5.56 Å². The van der Waals surface area contributed by atoms with Crippen LogP contribution in [0.15, 0.2) is 40.9 Å². The van der Waals surface area contributed by atoms with E-state index in [1.54, 1.807) is 7.11 Å². The van der Waals surface area contributed by atoms with E-state index in [9.17, 15) is 0 Å². The van der Waals surface area contributed by atoms with E-state index >= 15 is 0 Å². The number of rotatable bonds is 2. The van der Waals surface area contributed by atoms with Gasteiger partial charge in [0.05, 0.1) is 7.11 Å². The molecule has 0 aliphatic carbocycles. The maximum Gasteiger partial charge on any atom is 0.130 e. The van der Waals surface area contributed by atoms with Crippen LogP contribution in [0.2, 0.25) is 0 Å². The lowest BCUT2D eigenvalue weighted by Gasteiger charge is -2.10. The molecular weight excluding hydrogens is 264 g/mol. The zero-order valence-electron chi connectivity index (χ0n) is 9.25. The summed E-state index contributed by atoms with van der Waals surface area (Å²) in [6.07, 6.45) is 0. The molecule has 2 rings (SSSR count). The molecule has 0 fully saturated rings. The van der Waals surface area contributed by atoms with E-state index < -0.39 is 0 Å². The molecule has 2 aromatic rings. The predicted octanol–water partition coefficient (Wildman–Crippen LogP) is 4.23. The fourth-order valence-electron chi connectivity index (χ4n) is 1.71. The molecular formula is C14H12BrO. The lowest BCUT2D eigenvalue weighted by atomic mass is 10.00. The van der Waals surface area contributed by atoms with E-state index in [0.717, 1.165) is 15.8 Å². The van der Waals surface area contributed by atoms with Crippen molar-refractivity contribution in [2.75, 3.05) is 7.11 Å². The molecule has 0 saturated carbocycles. The van der Waals surface area contributed by atoms with Crippen molar-refractivity contribution >= 4 is 15.9 Å². The van der Waals surface area contributed by atoms with Gasteiger partial charge in [0, 0.05) is 10.5 Å². The molecule has 0 N–H and O–H groups in total. The van der Waals surface area contributed by atoms with Gasteiger partial charge >= 0.3 is 0 Å². The number of halogens is 1. The fraction of sp³-hybridized carbons (Fsp3) is 0.143. The molecule has 0 amide bonds. The van der Waals surface area contributed by atoms with Crippen LogP contribution in [-0.2, 0) is 0 Å². The molecule has 0 saturated heterocycles. The second kappa shape index (κ2) is 4.71. The van der Waals surface area contributed by atoms with Crippen LogP contribution in [0.4, 0.5) is 0 Å². The highest BCUT2D eigenvalue weighted by atomic mass is 79.9. The van der Waals surface area contributed by atoms with Gasteiger partial charge < -0.3 is 4.74 Å². The Morgan fingerprint density at radius 3 is 2.44 bits per heavy atom. The molecule has 0 aliphatic heterocycles. The summed E-state index contributed by atoms with van der Waals surface area (Å²) in [4.78, 5) is 0. The van der Waals surface area contributed by atoms with Crippen molar-refractivity contribution in [1.29, 1.82) is 0 Å². The normalized spacial score (nSPS) is 10.2. The van der Waals surface area contributed by atoms with Gasteiger partial charge in [-0.05, 0) is 41.8 Å². The van der Waals surface area contributed by atoms with Crippen LogP contribution in [0, 0.1) is 13.0 Å². The standard InChI is InChI=1S/C14H12BrO/c1-10-13(4-3-5-14(10)16-2)11-6-8-12(15)9-7-11/h3-4,6-9H,1-2H3. The van der Waals surface area contributed by atoms with E-state index in [1.807, 2.05) is 25.1 Å². The maximum atomic E-state index is 5.27. The number of ether oxygens (including phenoxy) is 1. The van der Waals surface area contributed by atoms with Crippen molar-refractivity contribution in [1.82, 2.24) is 0 Å². The Kier molecular flexibility index (Phi) is 3.30. The summed E-state index contributed by atoms with van der Waals surface area (Å²) in [7, 11) is 1.67. The third-order valence-electron chi connectivity index (χ3n) is 2.57. The van der Waals surface area contributed by atoms with Crippen LogP contribution in [0.5, 0.6) is 5.75 Å². The van der Waals surface area contributed by atoms with Crippen LogP contribution >= 0.6 is 15.9 Å². The average Bonchev–Trinajstić information content (AvgIpc) is 2.31. The van der Waals surface area contributed by atoms with Gasteiger partial charge in [-0.15, -0.1) is 0 Å². The lowest BCUT2D eigenvalue weighted by molar-refractivity contribution is 0.411. The maximum absolute atomic E-state index is 5.27. The van der Waals surface area contributed by atoms with Gasteiger partial charge in [0.1, 0.15) is 5.75 Å². The average molecular weight is 276 g/mol. The quantitative estimate of drug-likeness (QED) is 0.797. The Hall–Kier alpha value is -1.28. The van der Waals surface area contributed by atoms with Gasteiger partial charge in [0.15, 0.2) is 0 Å². The van der Waals surface area contributed by atoms with Crippen LogP contribution in [0.25, 0.3) is 11.1 Å². The van der Waals surface area contributed by atoms with Crippen molar-refractivity contribution in [2.24, 2.45) is 0 Å². The summed E-state index contributed by atoms with van der Waals surface area (Å²) >= 11 is 3.43. The van der Waals surface area contributed by atoms with Crippen molar-refractivity contribution in [3.8, 4) is 16.9 Å². The van der Waals surface area contributed by atoms with E-state index in [0.29, 0.717) is 0 Å². The Bertz CT molecular complexity index is 489. The number of hydrogen-bond acceptors (Lipinski definition) is 1. The molecule has 2 heteroatoms. The van der Waals surface area contributed by atoms with Gasteiger partial charge in [0.25, 0.3) is 0 Å². The summed E-state index contributed by atoms with van der Waals surface area (Å²) in [5.41, 5.74) is 3.49. The van der Waals surface area contributed by atoms with Crippen LogP contribution in [-0.4, -0.2) is 7.11 Å². The summed E-state index contributed by atoms with van der Waals surface area (Å²) in [5, 5.41) is 0. The monoisotopic (exact) mass is 275 g/mol. The molecule has 0 atom stereocenters. The zero-order valence-corrected chi connectivity index (χ0v) is 10.8. The number of methoxy groups -OCH3 is 1. The third kappa shape index (κ3) is 2.12. The van der Waals surface area contributed by atoms with Crippen molar-refractivity contribution in [2.45, 2.75) is 6.92 Å². The SMILES string of the molecule is COc1[c]ccc(-c2ccc(Br)cc2)c1C. The highest BCUT2D eigenvalue weighted by Gasteiger charge is 2.06. The highest BCUT2D eigenvalue weighted by molar-refractivity contribution is 9.10. The van der Waals surface area contributed by atoms with Crippen molar-refractivity contribution < 1.29 is 4.74 Å². The minimum atomic E-state index is 0.806. The highest BCUT2D eigenvalue weighted by Crippen LogP contribution is 2.29. The van der Waals surface area contributed by atoms with Gasteiger partial charge in [-0.3, -0.25) is 0 Å². The molecule has 1 radical (unpaired) electrons. The molecule has 0 aromatic heterocycles. The molecule has 0 unspecified atom stereocenters. The number of hydrogen-bond donors (Lipinski definition) is 0. The van der Waals surface area contributed by atoms with E-state index in [2.05, 4.69) is 40.2 Å². The minimum absolute atomic E-state index is 0.806. The summed E-state index contributed by atoms with van der Waals surface area (Å²) in [5.74, 6) is 0.806. The van der Waals surface area contributed by atoms with E-state index in [4.69, 9.17) is 4.74 Å². The number of benzene rings is 2. The fourth-order valence-corrected chi connectivity index (χ4v) is 1.97. The topological polar surface area (TPSA) is 9.23 Å². The van der Waals surface area contributed by atoms with E-state index in [-0.39, 0.29) is 0 Å². The first-order chi connectivity index (χ1) is 7.72. The van der Waals surface area contributed by atoms with Gasteiger partial charge in [-0.25, -0.2) is 0 Å². The first-order valence-electron chi connectivity index (χ1n) is 5.03. The second-order valence-electron chi connectivity index (χ2n) is 3.56. The first kappa shape index (κ1) is 11.2. The van der Waals surface area contributed by atoms with Crippen LogP contribution in [0.3, 0.4) is 0 Å². The Labute approximate surface area is 104 Å². The minimum Gasteiger partial charge on any atom is -0.496 e. The zero-order chi connectivity index (χ0) is 11.5. The summed E-state index contributed by atoms with van der Waals surface area (Å²) in [6.45, 7) is 2.05. The van der Waals surface area contributed by atoms with Crippen LogP contribution < -0.4 is 4.74 Å². The summed E-state index contributed by atoms with van der Waals surface area (Å²) in [6, 6.07) is 15.3. The largest absolute Gasteiger partial charge is 0.496 e. The molecule has 0 spiro atoms. The molecule has 0 bridgehead atoms. The lowest BCUT2D eigenvalue weighted by Crippen LogP contribution is -1.90. The Balaban J connectivity index is 2.51. The summed E-state index contributed by atoms with van der Waals surface area (Å²) < 4.78 is 6.35. The predicted molar refractivity (Wildman–Crippen MR) is 69.7 cm³/mol. The van der Waals surface area contributed by atoms with Crippen molar-refractivity contribution in [3.05, 3.63) is 52.5 Å². The van der Waals surface area contributed by atoms with Gasteiger partial charge in [-0.2, -0.15) is 0 Å². The van der Waals surface area contributed by atoms with Gasteiger partial charge in [0.2, 0.25) is 0 Å². The third-order valence-corrected chi connectivity index (χ3v) is 3.10. The molecule has 0 heterocycles. The van der Waals surface area contributed by atoms with Crippen molar-refractivity contribution in [3.63, 3.8) is 0 Å².